The number of aliphatic carboxylic acids is 1. The fourth-order valence-electron chi connectivity index (χ4n) is 1.47. The molecule has 1 rings (SSSR count). The van der Waals surface area contributed by atoms with Gasteiger partial charge < -0.3 is 9.84 Å². The molecule has 1 N–H and O–H groups in total. The minimum absolute atomic E-state index is 0.543. The van der Waals surface area contributed by atoms with E-state index >= 15 is 0 Å². The zero-order valence-corrected chi connectivity index (χ0v) is 12.3. The summed E-state index contributed by atoms with van der Waals surface area (Å²) in [5.74, 6) is -0.0573. The van der Waals surface area contributed by atoms with Crippen LogP contribution in [0.5, 0.6) is 5.75 Å². The Hall–Kier alpha value is -1.26. The molecular weight excluding hydrogens is 266 g/mol. The number of hydrogen-bond acceptors (Lipinski definition) is 3. The van der Waals surface area contributed by atoms with E-state index in [0.29, 0.717) is 18.2 Å². The Kier molecular flexibility index (Phi) is 5.63. The summed E-state index contributed by atoms with van der Waals surface area (Å²) in [5, 5.41) is 9.76. The Morgan fingerprint density at radius 3 is 2.47 bits per heavy atom. The summed E-state index contributed by atoms with van der Waals surface area (Å²) in [6, 6.07) is 7.17. The number of ether oxygens (including phenoxy) is 1. The van der Waals surface area contributed by atoms with Crippen molar-refractivity contribution in [3.05, 3.63) is 29.3 Å². The minimum atomic E-state index is -0.861. The van der Waals surface area contributed by atoms with Crippen LogP contribution in [-0.4, -0.2) is 41.7 Å². The molecule has 0 aromatic heterocycles. The van der Waals surface area contributed by atoms with Gasteiger partial charge in [0.15, 0.2) is 0 Å². The highest BCUT2D eigenvalue weighted by molar-refractivity contribution is 6.30. The number of carbonyl (C=O) groups is 1. The molecule has 0 aliphatic rings. The van der Waals surface area contributed by atoms with E-state index in [1.807, 2.05) is 12.1 Å². The summed E-state index contributed by atoms with van der Waals surface area (Å²) in [5.41, 5.74) is -0.861. The first kappa shape index (κ1) is 15.8. The Bertz CT molecular complexity index is 417. The largest absolute Gasteiger partial charge is 0.494 e. The summed E-state index contributed by atoms with van der Waals surface area (Å²) in [6.07, 6.45) is 0.760. The molecule has 0 aliphatic heterocycles. The van der Waals surface area contributed by atoms with Gasteiger partial charge in [-0.1, -0.05) is 11.6 Å². The van der Waals surface area contributed by atoms with E-state index in [4.69, 9.17) is 21.4 Å². The summed E-state index contributed by atoms with van der Waals surface area (Å²) in [7, 11) is 1.80. The molecule has 5 heteroatoms. The smallest absolute Gasteiger partial charge is 0.323 e. The predicted octanol–water partition coefficient (Wildman–Crippen LogP) is 2.90. The third kappa shape index (κ3) is 4.73. The van der Waals surface area contributed by atoms with E-state index < -0.39 is 11.5 Å². The number of carboxylic acids is 1. The Balaban J connectivity index is 2.31. The number of benzene rings is 1. The maximum atomic E-state index is 11.1. The average Bonchev–Trinajstić information content (AvgIpc) is 2.36. The lowest BCUT2D eigenvalue weighted by atomic mass is 10.0. The fourth-order valence-corrected chi connectivity index (χ4v) is 1.59. The molecule has 0 saturated heterocycles. The van der Waals surface area contributed by atoms with Crippen LogP contribution in [0.1, 0.15) is 20.3 Å². The number of halogens is 1. The molecule has 1 aromatic carbocycles. The number of nitrogens with zero attached hydrogens (tertiary/aromatic N) is 1. The second kappa shape index (κ2) is 6.78. The third-order valence-electron chi connectivity index (χ3n) is 3.20. The maximum absolute atomic E-state index is 11.1. The highest BCUT2D eigenvalue weighted by Gasteiger charge is 2.31. The normalized spacial score (nSPS) is 11.6. The van der Waals surface area contributed by atoms with E-state index in [0.717, 1.165) is 12.2 Å². The van der Waals surface area contributed by atoms with Gasteiger partial charge >= 0.3 is 5.97 Å². The van der Waals surface area contributed by atoms with Gasteiger partial charge in [-0.2, -0.15) is 0 Å². The molecule has 4 nitrogen and oxygen atoms in total. The monoisotopic (exact) mass is 285 g/mol. The van der Waals surface area contributed by atoms with E-state index in [9.17, 15) is 4.79 Å². The van der Waals surface area contributed by atoms with Crippen LogP contribution in [0.3, 0.4) is 0 Å². The van der Waals surface area contributed by atoms with Gasteiger partial charge in [-0.25, -0.2) is 0 Å². The van der Waals surface area contributed by atoms with Crippen LogP contribution in [-0.2, 0) is 4.79 Å². The van der Waals surface area contributed by atoms with Gasteiger partial charge in [0.2, 0.25) is 0 Å². The molecule has 0 saturated carbocycles. The molecule has 0 heterocycles. The maximum Gasteiger partial charge on any atom is 0.323 e. The lowest BCUT2D eigenvalue weighted by molar-refractivity contribution is -0.148. The molecule has 0 bridgehead atoms. The van der Waals surface area contributed by atoms with Crippen molar-refractivity contribution in [2.45, 2.75) is 25.8 Å². The van der Waals surface area contributed by atoms with Gasteiger partial charge in [0, 0.05) is 11.6 Å². The molecule has 0 spiro atoms. The number of rotatable bonds is 7. The topological polar surface area (TPSA) is 49.8 Å². The van der Waals surface area contributed by atoms with Crippen molar-refractivity contribution in [2.24, 2.45) is 0 Å². The van der Waals surface area contributed by atoms with E-state index in [1.165, 1.54) is 0 Å². The Morgan fingerprint density at radius 1 is 1.37 bits per heavy atom. The van der Waals surface area contributed by atoms with Gasteiger partial charge in [0.05, 0.1) is 6.61 Å². The van der Waals surface area contributed by atoms with Gasteiger partial charge in [0.25, 0.3) is 0 Å². The molecule has 19 heavy (non-hydrogen) atoms. The number of hydrogen-bond donors (Lipinski definition) is 1. The highest BCUT2D eigenvalue weighted by Crippen LogP contribution is 2.16. The van der Waals surface area contributed by atoms with Gasteiger partial charge in [-0.15, -0.1) is 0 Å². The van der Waals surface area contributed by atoms with Crippen LogP contribution in [0.15, 0.2) is 24.3 Å². The van der Waals surface area contributed by atoms with Gasteiger partial charge in [-0.05, 0) is 51.6 Å². The molecule has 0 unspecified atom stereocenters. The first-order valence-electron chi connectivity index (χ1n) is 6.17. The van der Waals surface area contributed by atoms with Crippen LogP contribution < -0.4 is 4.74 Å². The van der Waals surface area contributed by atoms with Crippen LogP contribution in [0.2, 0.25) is 5.02 Å². The third-order valence-corrected chi connectivity index (χ3v) is 3.45. The summed E-state index contributed by atoms with van der Waals surface area (Å²) in [4.78, 5) is 12.9. The first-order valence-corrected chi connectivity index (χ1v) is 6.55. The summed E-state index contributed by atoms with van der Waals surface area (Å²) in [6.45, 7) is 4.58. The van der Waals surface area contributed by atoms with Crippen LogP contribution in [0, 0.1) is 0 Å². The SMILES string of the molecule is CN(CCCOc1ccc(Cl)cc1)C(C)(C)C(=O)O. The standard InChI is InChI=1S/C14H20ClNO3/c1-14(2,13(17)18)16(3)9-4-10-19-12-7-5-11(15)6-8-12/h5-8H,4,9-10H2,1-3H3,(H,17,18). The molecule has 0 aliphatic carbocycles. The quantitative estimate of drug-likeness (QED) is 0.783. The number of carboxylic acid groups (broad SMARTS) is 1. The fraction of sp³-hybridized carbons (Fsp3) is 0.500. The van der Waals surface area contributed by atoms with Crippen LogP contribution >= 0.6 is 11.6 Å². The summed E-state index contributed by atoms with van der Waals surface area (Å²) >= 11 is 5.78. The zero-order chi connectivity index (χ0) is 14.5. The molecule has 0 amide bonds. The van der Waals surface area contributed by atoms with Crippen molar-refractivity contribution in [3.8, 4) is 5.75 Å². The second-order valence-corrected chi connectivity index (χ2v) is 5.38. The predicted molar refractivity (Wildman–Crippen MR) is 75.9 cm³/mol. The lowest BCUT2D eigenvalue weighted by Gasteiger charge is -2.31. The minimum Gasteiger partial charge on any atom is -0.494 e. The molecule has 106 valence electrons. The van der Waals surface area contributed by atoms with Crippen LogP contribution in [0.4, 0.5) is 0 Å². The highest BCUT2D eigenvalue weighted by atomic mass is 35.5. The van der Waals surface area contributed by atoms with E-state index in [1.54, 1.807) is 37.9 Å². The molecule has 1 aromatic rings. The van der Waals surface area contributed by atoms with Crippen molar-refractivity contribution in [1.29, 1.82) is 0 Å². The molecule has 0 atom stereocenters. The van der Waals surface area contributed by atoms with Crippen LogP contribution in [0.25, 0.3) is 0 Å². The summed E-state index contributed by atoms with van der Waals surface area (Å²) < 4.78 is 5.55. The van der Waals surface area contributed by atoms with Crippen molar-refractivity contribution >= 4 is 17.6 Å². The zero-order valence-electron chi connectivity index (χ0n) is 11.5. The van der Waals surface area contributed by atoms with E-state index in [2.05, 4.69) is 0 Å². The van der Waals surface area contributed by atoms with Crippen molar-refractivity contribution in [1.82, 2.24) is 4.90 Å². The first-order chi connectivity index (χ1) is 8.84. The van der Waals surface area contributed by atoms with Gasteiger partial charge in [-0.3, -0.25) is 9.69 Å². The number of likely N-dealkylation sites (N-methyl/N-ethyl adjacent to an activating group) is 1. The van der Waals surface area contributed by atoms with Crippen molar-refractivity contribution in [2.75, 3.05) is 20.2 Å². The molecular formula is C14H20ClNO3. The molecule has 0 radical (unpaired) electrons. The Morgan fingerprint density at radius 2 is 1.95 bits per heavy atom. The molecule has 0 fully saturated rings. The lowest BCUT2D eigenvalue weighted by Crippen LogP contribution is -2.48. The second-order valence-electron chi connectivity index (χ2n) is 4.94. The van der Waals surface area contributed by atoms with Gasteiger partial charge in [0.1, 0.15) is 11.3 Å². The van der Waals surface area contributed by atoms with Crippen molar-refractivity contribution < 1.29 is 14.6 Å². The average molecular weight is 286 g/mol. The van der Waals surface area contributed by atoms with Crippen molar-refractivity contribution in [3.63, 3.8) is 0 Å². The van der Waals surface area contributed by atoms with E-state index in [-0.39, 0.29) is 0 Å². The Labute approximate surface area is 118 Å².